The van der Waals surface area contributed by atoms with Crippen molar-refractivity contribution in [3.8, 4) is 0 Å². The van der Waals surface area contributed by atoms with E-state index in [-0.39, 0.29) is 50.5 Å². The minimum absolute atomic E-state index is 0.0436. The molecule has 4 atom stereocenters. The maximum Gasteiger partial charge on any atom is 0.305 e. The van der Waals surface area contributed by atoms with Gasteiger partial charge < -0.3 is 63.9 Å². The van der Waals surface area contributed by atoms with Gasteiger partial charge in [0.05, 0.1) is 6.42 Å². The van der Waals surface area contributed by atoms with Crippen LogP contribution in [0, 0.1) is 0 Å². The number of hydrogen-bond donors (Lipinski definition) is 12. The quantitative estimate of drug-likeness (QED) is 0.0420. The number of unbranched alkanes of at least 4 members (excludes halogenated alkanes) is 7. The molecule has 1 aromatic carbocycles. The first-order chi connectivity index (χ1) is 31.7. The van der Waals surface area contributed by atoms with Gasteiger partial charge in [-0.3, -0.25) is 43.2 Å². The molecule has 0 saturated carbocycles. The SMILES string of the molecule is CNC(=O)CCCCCNC(=O)[C@H](Cc1c[nH]c2ccccc12)NC(=O)[C@H](CCCCN)NC(=O)CCCCCNC(=O)[C@H](CC(=O)O)NC(=O)[C@H](CCC(=O)O)NC(=O)CCCCCN. The van der Waals surface area contributed by atoms with Gasteiger partial charge in [-0.15, -0.1) is 0 Å². The number of hydrogen-bond acceptors (Lipinski definition) is 11. The summed E-state index contributed by atoms with van der Waals surface area (Å²) in [4.78, 5) is 117. The van der Waals surface area contributed by atoms with Gasteiger partial charge in [-0.05, 0) is 88.9 Å². The van der Waals surface area contributed by atoms with Crippen LogP contribution in [-0.2, 0) is 49.6 Å². The topological polar surface area (TPSA) is 346 Å². The fourth-order valence-corrected chi connectivity index (χ4v) is 7.07. The third-order valence-electron chi connectivity index (χ3n) is 10.8. The molecular weight excluding hydrogens is 857 g/mol. The second-order valence-corrected chi connectivity index (χ2v) is 16.2. The number of carboxylic acid groups (broad SMARTS) is 2. The predicted molar refractivity (Wildman–Crippen MR) is 246 cm³/mol. The van der Waals surface area contributed by atoms with Crippen LogP contribution in [0.5, 0.6) is 0 Å². The molecule has 0 aliphatic heterocycles. The van der Waals surface area contributed by atoms with E-state index in [1.807, 2.05) is 24.3 Å². The Morgan fingerprint density at radius 1 is 0.545 bits per heavy atom. The van der Waals surface area contributed by atoms with Gasteiger partial charge in [0, 0.05) is 69.3 Å². The molecule has 0 aliphatic rings. The van der Waals surface area contributed by atoms with Gasteiger partial charge in [-0.1, -0.05) is 37.5 Å². The van der Waals surface area contributed by atoms with Gasteiger partial charge in [0.25, 0.3) is 0 Å². The third kappa shape index (κ3) is 23.2. The highest BCUT2D eigenvalue weighted by atomic mass is 16.4. The summed E-state index contributed by atoms with van der Waals surface area (Å²) < 4.78 is 0. The smallest absolute Gasteiger partial charge is 0.305 e. The van der Waals surface area contributed by atoms with Crippen molar-refractivity contribution in [1.82, 2.24) is 42.2 Å². The number of nitrogens with two attached hydrogens (primary N) is 2. The van der Waals surface area contributed by atoms with Crippen LogP contribution in [0.15, 0.2) is 30.5 Å². The van der Waals surface area contributed by atoms with Crippen molar-refractivity contribution in [3.05, 3.63) is 36.0 Å². The van der Waals surface area contributed by atoms with Gasteiger partial charge in [-0.25, -0.2) is 0 Å². The van der Waals surface area contributed by atoms with Gasteiger partial charge >= 0.3 is 11.9 Å². The minimum Gasteiger partial charge on any atom is -0.481 e. The Labute approximate surface area is 385 Å². The van der Waals surface area contributed by atoms with E-state index in [1.165, 1.54) is 0 Å². The van der Waals surface area contributed by atoms with Crippen molar-refractivity contribution in [2.45, 2.75) is 146 Å². The van der Waals surface area contributed by atoms with E-state index in [0.717, 1.165) is 22.9 Å². The standard InChI is InChI=1S/C45H72N10O11/c1-48-37(56)18-6-3-13-25-49-42(63)35(27-30-29-51-32-16-9-8-15-31(30)32)54-44(65)33(17-10-12-24-47)52-38(57)20-7-4-14-26-50-43(64)36(28-41(61)62)55-45(66)34(21-22-40(59)60)53-39(58)19-5-2-11-23-46/h8-9,15-16,29,33-36,51H,2-7,10-14,17-28,46-47H2,1H3,(H,48,56)(H,49,63)(H,50,64)(H,52,57)(H,53,58)(H,54,65)(H,55,66)(H,59,60)(H,61,62)/t33-,34-,35-,36-/m0/s1. The Hall–Kier alpha value is -6.09. The molecule has 21 nitrogen and oxygen atoms in total. The Morgan fingerprint density at radius 2 is 1.06 bits per heavy atom. The molecule has 0 radical (unpaired) electrons. The highest BCUT2D eigenvalue weighted by Gasteiger charge is 2.30. The van der Waals surface area contributed by atoms with E-state index >= 15 is 0 Å². The van der Waals surface area contributed by atoms with Gasteiger partial charge in [-0.2, -0.15) is 0 Å². The fraction of sp³-hybridized carbons (Fsp3) is 0.622. The zero-order valence-electron chi connectivity index (χ0n) is 38.2. The van der Waals surface area contributed by atoms with Crippen molar-refractivity contribution in [2.75, 3.05) is 33.2 Å². The largest absolute Gasteiger partial charge is 0.481 e. The molecule has 2 aromatic rings. The summed E-state index contributed by atoms with van der Waals surface area (Å²) in [5.74, 6) is -6.14. The normalized spacial score (nSPS) is 12.8. The summed E-state index contributed by atoms with van der Waals surface area (Å²) in [6.07, 6.45) is 7.55. The summed E-state index contributed by atoms with van der Waals surface area (Å²) in [5, 5.41) is 38.1. The second kappa shape index (κ2) is 32.5. The Morgan fingerprint density at radius 3 is 1.62 bits per heavy atom. The molecular formula is C45H72N10O11. The number of aliphatic carboxylic acids is 2. The third-order valence-corrected chi connectivity index (χ3v) is 10.8. The highest BCUT2D eigenvalue weighted by Crippen LogP contribution is 2.19. The molecule has 0 aliphatic carbocycles. The summed E-state index contributed by atoms with van der Waals surface area (Å²) in [6.45, 7) is 1.27. The molecule has 21 heteroatoms. The number of carbonyl (C=O) groups excluding carboxylic acids is 7. The number of carboxylic acids is 2. The average molecular weight is 929 g/mol. The fourth-order valence-electron chi connectivity index (χ4n) is 7.07. The molecule has 0 unspecified atom stereocenters. The monoisotopic (exact) mass is 929 g/mol. The van der Waals surface area contributed by atoms with Crippen LogP contribution in [0.25, 0.3) is 10.9 Å². The molecule has 1 heterocycles. The van der Waals surface area contributed by atoms with Crippen LogP contribution in [-0.4, -0.2) is 126 Å². The van der Waals surface area contributed by atoms with Crippen molar-refractivity contribution in [1.29, 1.82) is 0 Å². The molecule has 0 bridgehead atoms. The van der Waals surface area contributed by atoms with E-state index in [0.29, 0.717) is 90.3 Å². The van der Waals surface area contributed by atoms with Crippen LogP contribution < -0.4 is 48.7 Å². The van der Waals surface area contributed by atoms with Crippen LogP contribution in [0.2, 0.25) is 0 Å². The van der Waals surface area contributed by atoms with E-state index in [9.17, 15) is 48.3 Å². The predicted octanol–water partition coefficient (Wildman–Crippen LogP) is 0.736. The molecule has 66 heavy (non-hydrogen) atoms. The van der Waals surface area contributed by atoms with E-state index < -0.39 is 78.5 Å². The van der Waals surface area contributed by atoms with Crippen molar-refractivity contribution in [3.63, 3.8) is 0 Å². The minimum atomic E-state index is -1.52. The van der Waals surface area contributed by atoms with Crippen LogP contribution in [0.1, 0.15) is 121 Å². The first kappa shape index (κ1) is 56.0. The maximum absolute atomic E-state index is 13.8. The number of aromatic nitrogens is 1. The highest BCUT2D eigenvalue weighted by molar-refractivity contribution is 5.95. The number of H-pyrrole nitrogens is 1. The van der Waals surface area contributed by atoms with Crippen LogP contribution >= 0.6 is 0 Å². The number of amides is 7. The lowest BCUT2D eigenvalue weighted by atomic mass is 10.0. The van der Waals surface area contributed by atoms with Crippen LogP contribution in [0.4, 0.5) is 0 Å². The molecule has 0 saturated heterocycles. The number of nitrogens with one attached hydrogen (secondary N) is 8. The molecule has 368 valence electrons. The zero-order chi connectivity index (χ0) is 48.7. The summed E-state index contributed by atoms with van der Waals surface area (Å²) in [6, 6.07) is 2.86. The molecule has 7 amide bonds. The first-order valence-corrected chi connectivity index (χ1v) is 23.0. The van der Waals surface area contributed by atoms with Crippen molar-refractivity contribution < 1.29 is 53.4 Å². The number of benzene rings is 1. The molecule has 0 spiro atoms. The molecule has 2 rings (SSSR count). The van der Waals surface area contributed by atoms with Crippen LogP contribution in [0.3, 0.4) is 0 Å². The lowest BCUT2D eigenvalue weighted by Gasteiger charge is -2.23. The maximum atomic E-state index is 13.8. The molecule has 14 N–H and O–H groups in total. The Bertz CT molecular complexity index is 1870. The van der Waals surface area contributed by atoms with E-state index in [1.54, 1.807) is 13.2 Å². The summed E-state index contributed by atoms with van der Waals surface area (Å²) >= 11 is 0. The number of fused-ring (bicyclic) bond motifs is 1. The van der Waals surface area contributed by atoms with Crippen molar-refractivity contribution >= 4 is 64.2 Å². The number of para-hydroxylation sites is 1. The number of rotatable bonds is 36. The number of carbonyl (C=O) groups is 9. The molecule has 1 aromatic heterocycles. The lowest BCUT2D eigenvalue weighted by Crippen LogP contribution is -2.54. The van der Waals surface area contributed by atoms with E-state index in [4.69, 9.17) is 16.6 Å². The summed E-state index contributed by atoms with van der Waals surface area (Å²) in [7, 11) is 1.58. The van der Waals surface area contributed by atoms with Crippen molar-refractivity contribution in [2.24, 2.45) is 11.5 Å². The Kier molecular flexibility index (Phi) is 27.6. The average Bonchev–Trinajstić information content (AvgIpc) is 3.69. The zero-order valence-corrected chi connectivity index (χ0v) is 38.2. The Balaban J connectivity index is 1.98. The van der Waals surface area contributed by atoms with Gasteiger partial charge in [0.1, 0.15) is 24.2 Å². The number of aromatic amines is 1. The summed E-state index contributed by atoms with van der Waals surface area (Å²) in [5.41, 5.74) is 12.9. The molecule has 0 fully saturated rings. The lowest BCUT2D eigenvalue weighted by molar-refractivity contribution is -0.141. The first-order valence-electron chi connectivity index (χ1n) is 23.0. The second-order valence-electron chi connectivity index (χ2n) is 16.2. The van der Waals surface area contributed by atoms with E-state index in [2.05, 4.69) is 42.2 Å². The van der Waals surface area contributed by atoms with Gasteiger partial charge in [0.15, 0.2) is 0 Å². The van der Waals surface area contributed by atoms with Gasteiger partial charge in [0.2, 0.25) is 41.4 Å².